The predicted molar refractivity (Wildman–Crippen MR) is 97.5 cm³/mol. The largest absolute Gasteiger partial charge is 0.635 e. The van der Waals surface area contributed by atoms with Crippen molar-refractivity contribution in [2.45, 2.75) is 57.7 Å². The lowest BCUT2D eigenvalue weighted by Crippen LogP contribution is -2.49. The number of rotatable bonds is 8. The summed E-state index contributed by atoms with van der Waals surface area (Å²) < 4.78 is 4.95. The molecule has 1 aromatic carbocycles. The van der Waals surface area contributed by atoms with E-state index in [1.54, 1.807) is 0 Å². The van der Waals surface area contributed by atoms with Crippen LogP contribution in [0, 0.1) is 5.92 Å². The Labute approximate surface area is 154 Å². The van der Waals surface area contributed by atoms with Gasteiger partial charge < -0.3 is 25.3 Å². The highest BCUT2D eigenvalue weighted by Gasteiger charge is 2.28. The molecule has 0 bridgehead atoms. The van der Waals surface area contributed by atoms with Crippen molar-refractivity contribution in [1.29, 1.82) is 0 Å². The molecule has 8 heteroatoms. The fourth-order valence-electron chi connectivity index (χ4n) is 3.08. The summed E-state index contributed by atoms with van der Waals surface area (Å²) in [4.78, 5) is 24.7. The summed E-state index contributed by atoms with van der Waals surface area (Å²) >= 11 is 0. The van der Waals surface area contributed by atoms with Gasteiger partial charge in [-0.25, -0.2) is 0 Å². The molecule has 0 spiro atoms. The zero-order chi connectivity index (χ0) is 18.9. The van der Waals surface area contributed by atoms with Crippen molar-refractivity contribution in [2.75, 3.05) is 0 Å². The standard InChI is InChI=1S/C18H27BN2O5/c1-13(17(22)20-15-10-6-3-7-11-15)18(23)21-16(26-19(24)25)12-14-8-4-2-5-9-14/h2,4-5,8-9,13,15-16,24-25H,3,6-7,10-12H2,1H3,(H,20,22)(H,21,23)/t13?,16-/m1/s1. The Hall–Kier alpha value is -1.90. The molecule has 7 nitrogen and oxygen atoms in total. The Morgan fingerprint density at radius 1 is 1.15 bits per heavy atom. The van der Waals surface area contributed by atoms with Gasteiger partial charge in [-0.2, -0.15) is 0 Å². The molecule has 0 saturated heterocycles. The number of hydrogen-bond acceptors (Lipinski definition) is 5. The molecule has 0 radical (unpaired) electrons. The maximum atomic E-state index is 12.4. The van der Waals surface area contributed by atoms with Gasteiger partial charge >= 0.3 is 7.32 Å². The van der Waals surface area contributed by atoms with E-state index in [0.29, 0.717) is 0 Å². The van der Waals surface area contributed by atoms with Gasteiger partial charge in [-0.3, -0.25) is 9.59 Å². The average molecular weight is 362 g/mol. The molecule has 2 atom stereocenters. The first-order valence-corrected chi connectivity index (χ1v) is 9.12. The van der Waals surface area contributed by atoms with Crippen molar-refractivity contribution in [3.05, 3.63) is 35.9 Å². The number of nitrogens with one attached hydrogen (secondary N) is 2. The monoisotopic (exact) mass is 362 g/mol. The molecule has 0 aliphatic heterocycles. The van der Waals surface area contributed by atoms with Crippen LogP contribution in [0.3, 0.4) is 0 Å². The van der Waals surface area contributed by atoms with Crippen LogP contribution in [0.15, 0.2) is 30.3 Å². The van der Waals surface area contributed by atoms with E-state index in [9.17, 15) is 9.59 Å². The van der Waals surface area contributed by atoms with E-state index in [2.05, 4.69) is 10.6 Å². The van der Waals surface area contributed by atoms with Crippen LogP contribution in [0.1, 0.15) is 44.6 Å². The van der Waals surface area contributed by atoms with E-state index in [-0.39, 0.29) is 18.4 Å². The Kier molecular flexibility index (Phi) is 8.09. The highest BCUT2D eigenvalue weighted by molar-refractivity contribution is 6.32. The fourth-order valence-corrected chi connectivity index (χ4v) is 3.08. The van der Waals surface area contributed by atoms with Gasteiger partial charge in [-0.1, -0.05) is 49.6 Å². The van der Waals surface area contributed by atoms with Crippen LogP contribution in [0.5, 0.6) is 0 Å². The molecule has 26 heavy (non-hydrogen) atoms. The average Bonchev–Trinajstić information content (AvgIpc) is 2.62. The predicted octanol–water partition coefficient (Wildman–Crippen LogP) is 0.742. The summed E-state index contributed by atoms with van der Waals surface area (Å²) in [6.07, 6.45) is 4.55. The number of amides is 2. The molecule has 0 aromatic heterocycles. The first kappa shape index (κ1) is 20.4. The van der Waals surface area contributed by atoms with Crippen molar-refractivity contribution in [2.24, 2.45) is 5.92 Å². The summed E-state index contributed by atoms with van der Waals surface area (Å²) in [5.74, 6) is -1.73. The highest BCUT2D eigenvalue weighted by atomic mass is 16.6. The highest BCUT2D eigenvalue weighted by Crippen LogP contribution is 2.17. The minimum Gasteiger partial charge on any atom is -0.402 e. The Bertz CT molecular complexity index is 578. The van der Waals surface area contributed by atoms with Crippen molar-refractivity contribution in [3.63, 3.8) is 0 Å². The van der Waals surface area contributed by atoms with Crippen LogP contribution in [-0.4, -0.2) is 41.5 Å². The summed E-state index contributed by atoms with van der Waals surface area (Å²) in [7, 11) is -2.02. The van der Waals surface area contributed by atoms with E-state index in [1.807, 2.05) is 30.3 Å². The van der Waals surface area contributed by atoms with Crippen LogP contribution in [-0.2, 0) is 20.7 Å². The third-order valence-electron chi connectivity index (χ3n) is 4.59. The second kappa shape index (κ2) is 10.3. The number of carbonyl (C=O) groups excluding carboxylic acids is 2. The molecular weight excluding hydrogens is 335 g/mol. The van der Waals surface area contributed by atoms with Gasteiger partial charge in [0, 0.05) is 12.5 Å². The van der Waals surface area contributed by atoms with Crippen LogP contribution in [0.4, 0.5) is 0 Å². The minimum atomic E-state index is -2.02. The molecule has 1 unspecified atom stereocenters. The number of benzene rings is 1. The first-order chi connectivity index (χ1) is 12.5. The second-order valence-corrected chi connectivity index (χ2v) is 6.71. The Morgan fingerprint density at radius 2 is 1.81 bits per heavy atom. The lowest BCUT2D eigenvalue weighted by Gasteiger charge is -2.25. The van der Waals surface area contributed by atoms with Gasteiger partial charge in [0.15, 0.2) is 0 Å². The quantitative estimate of drug-likeness (QED) is 0.310. The van der Waals surface area contributed by atoms with Crippen molar-refractivity contribution in [1.82, 2.24) is 10.6 Å². The van der Waals surface area contributed by atoms with Crippen molar-refractivity contribution >= 4 is 19.1 Å². The molecule has 1 aromatic rings. The minimum absolute atomic E-state index is 0.127. The van der Waals surface area contributed by atoms with Crippen molar-refractivity contribution in [3.8, 4) is 0 Å². The van der Waals surface area contributed by atoms with E-state index in [4.69, 9.17) is 14.7 Å². The molecule has 1 aliphatic carbocycles. The third kappa shape index (κ3) is 6.78. The van der Waals surface area contributed by atoms with Crippen LogP contribution in [0.25, 0.3) is 0 Å². The SMILES string of the molecule is CC(C(=O)NC1CCCCC1)C(=O)N[C@@H](Cc1ccccc1)OB(O)O. The topological polar surface area (TPSA) is 108 Å². The lowest BCUT2D eigenvalue weighted by atomic mass is 9.95. The first-order valence-electron chi connectivity index (χ1n) is 9.12. The summed E-state index contributed by atoms with van der Waals surface area (Å²) in [6.45, 7) is 1.53. The summed E-state index contributed by atoms with van der Waals surface area (Å²) in [6, 6.07) is 9.34. The zero-order valence-corrected chi connectivity index (χ0v) is 15.1. The third-order valence-corrected chi connectivity index (χ3v) is 4.59. The number of hydrogen-bond donors (Lipinski definition) is 4. The smallest absolute Gasteiger partial charge is 0.402 e. The van der Waals surface area contributed by atoms with E-state index in [0.717, 1.165) is 31.2 Å². The van der Waals surface area contributed by atoms with Gasteiger partial charge in [0.05, 0.1) is 0 Å². The van der Waals surface area contributed by atoms with Crippen LogP contribution >= 0.6 is 0 Å². The summed E-state index contributed by atoms with van der Waals surface area (Å²) in [5, 5.41) is 23.7. The maximum absolute atomic E-state index is 12.4. The number of carbonyl (C=O) groups is 2. The molecular formula is C18H27BN2O5. The fraction of sp³-hybridized carbons (Fsp3) is 0.556. The van der Waals surface area contributed by atoms with E-state index in [1.165, 1.54) is 13.3 Å². The second-order valence-electron chi connectivity index (χ2n) is 6.71. The molecule has 0 heterocycles. The van der Waals surface area contributed by atoms with Gasteiger partial charge in [0.2, 0.25) is 11.8 Å². The zero-order valence-electron chi connectivity index (χ0n) is 15.1. The van der Waals surface area contributed by atoms with Crippen molar-refractivity contribution < 1.29 is 24.3 Å². The molecule has 2 rings (SSSR count). The van der Waals surface area contributed by atoms with Gasteiger partial charge in [0.1, 0.15) is 12.1 Å². The van der Waals surface area contributed by atoms with Gasteiger partial charge in [-0.15, -0.1) is 0 Å². The molecule has 142 valence electrons. The normalized spacial score (nSPS) is 17.2. The molecule has 2 amide bonds. The van der Waals surface area contributed by atoms with Crippen LogP contribution < -0.4 is 10.6 Å². The Balaban J connectivity index is 1.90. The molecule has 1 aliphatic rings. The van der Waals surface area contributed by atoms with E-state index < -0.39 is 25.4 Å². The van der Waals surface area contributed by atoms with Crippen LogP contribution in [0.2, 0.25) is 0 Å². The van der Waals surface area contributed by atoms with Gasteiger partial charge in [0.25, 0.3) is 0 Å². The van der Waals surface area contributed by atoms with E-state index >= 15 is 0 Å². The Morgan fingerprint density at radius 3 is 2.42 bits per heavy atom. The molecule has 1 fully saturated rings. The van der Waals surface area contributed by atoms with Gasteiger partial charge in [-0.05, 0) is 25.3 Å². The maximum Gasteiger partial charge on any atom is 0.635 e. The lowest BCUT2D eigenvalue weighted by molar-refractivity contribution is -0.136. The molecule has 4 N–H and O–H groups in total. The molecule has 1 saturated carbocycles. The summed E-state index contributed by atoms with van der Waals surface area (Å²) in [5.41, 5.74) is 0.859.